The van der Waals surface area contributed by atoms with E-state index in [1.54, 1.807) is 44.2 Å². The molecule has 10 amide bonds. The lowest BCUT2D eigenvalue weighted by atomic mass is 9.93. The third kappa shape index (κ3) is 24.8. The maximum absolute atomic E-state index is 14.7. The molecule has 1 aliphatic heterocycles. The lowest BCUT2D eigenvalue weighted by Crippen LogP contribution is -2.62. The highest BCUT2D eigenvalue weighted by Gasteiger charge is 2.39. The zero-order chi connectivity index (χ0) is 61.5. The number of hydrogen-bond acceptors (Lipinski definition) is 18. The van der Waals surface area contributed by atoms with Crippen LogP contribution in [0.25, 0.3) is 0 Å². The number of unbranched alkanes of at least 4 members (excludes halogenated alkanes) is 4. The van der Waals surface area contributed by atoms with Crippen LogP contribution in [0.4, 0.5) is 0 Å². The normalized spacial score (nSPS) is 22.8. The number of Topliss-reactive ketones (excluding diaryl/α,β-unsaturated/α-hetero) is 1. The highest BCUT2D eigenvalue weighted by atomic mass is 16.3. The van der Waals surface area contributed by atoms with Crippen molar-refractivity contribution >= 4 is 64.9 Å². The van der Waals surface area contributed by atoms with Crippen LogP contribution in [0.3, 0.4) is 0 Å². The van der Waals surface area contributed by atoms with Crippen molar-refractivity contribution in [2.45, 2.75) is 185 Å². The van der Waals surface area contributed by atoms with Gasteiger partial charge in [-0.15, -0.1) is 0 Å². The Kier molecular flexibility index (Phi) is 33.2. The summed E-state index contributed by atoms with van der Waals surface area (Å²) in [6, 6.07) is -5.01. The number of nitrogens with one attached hydrogen (secondary N) is 10. The standard InChI is InChI=1S/C54H93N15O13/c1-6-7-8-9-13-16-42(72)61-36(17-22-55)49(77)69-44(32(5)71)54(82)65-38(19-24-57)47(75)62-35-21-26-60-53(81)43(31(4)70)68-50(78)39(20-25-58)63-48(76)37(18-23-56)64-51(79)40(27-30(2)3)67-52(80)41(28-33-14-11-10-12-15-33)66-46(74)34(29-59)45(35)73/h10-12,14-15,30-32,34-41,43-44,70-71H,6-9,13,16-29,55-59H2,1-5H3,(H,60,81)(H,61,72)(H,62,75)(H,63,76)(H,64,79)(H,65,82)(H,66,74)(H,67,80)(H,68,78)(H,69,77)/t31-,32-,34+,35-,36-,37-,38-,39-,40-,41+,43-,44+/m0/s1. The van der Waals surface area contributed by atoms with Crippen molar-refractivity contribution in [1.29, 1.82) is 0 Å². The molecule has 0 spiro atoms. The van der Waals surface area contributed by atoms with E-state index in [1.807, 2.05) is 0 Å². The molecule has 1 saturated heterocycles. The van der Waals surface area contributed by atoms with Crippen molar-refractivity contribution in [2.75, 3.05) is 39.3 Å². The molecule has 0 aliphatic carbocycles. The fourth-order valence-electron chi connectivity index (χ4n) is 8.93. The van der Waals surface area contributed by atoms with Gasteiger partial charge in [0, 0.05) is 25.9 Å². The molecule has 28 heteroatoms. The van der Waals surface area contributed by atoms with E-state index in [-0.39, 0.29) is 77.0 Å². The summed E-state index contributed by atoms with van der Waals surface area (Å²) in [6.45, 7) is 6.30. The van der Waals surface area contributed by atoms with Gasteiger partial charge in [-0.2, -0.15) is 0 Å². The van der Waals surface area contributed by atoms with Crippen molar-refractivity contribution in [2.24, 2.45) is 40.5 Å². The Hall–Kier alpha value is -6.69. The van der Waals surface area contributed by atoms with Crippen LogP contribution in [0, 0.1) is 11.8 Å². The van der Waals surface area contributed by atoms with E-state index >= 15 is 0 Å². The zero-order valence-corrected chi connectivity index (χ0v) is 48.1. The molecule has 1 fully saturated rings. The minimum atomic E-state index is -1.82. The number of hydrogen-bond donors (Lipinski definition) is 17. The average molecular weight is 1160 g/mol. The van der Waals surface area contributed by atoms with Crippen LogP contribution in [-0.4, -0.2) is 181 Å². The van der Waals surface area contributed by atoms with Gasteiger partial charge in [0.25, 0.3) is 0 Å². The molecule has 0 aromatic heterocycles. The topological polar surface area (TPSA) is 479 Å². The summed E-state index contributed by atoms with van der Waals surface area (Å²) in [5, 5.41) is 46.8. The van der Waals surface area contributed by atoms with Gasteiger partial charge in [0.05, 0.1) is 18.2 Å². The second kappa shape index (κ2) is 38.2. The Morgan fingerprint density at radius 1 is 0.610 bits per heavy atom. The Bertz CT molecular complexity index is 2240. The van der Waals surface area contributed by atoms with Gasteiger partial charge in [0.1, 0.15) is 54.3 Å². The van der Waals surface area contributed by atoms with Gasteiger partial charge in [-0.1, -0.05) is 76.8 Å². The molecular weight excluding hydrogens is 1070 g/mol. The fraction of sp³-hybridized carbons (Fsp3) is 0.685. The van der Waals surface area contributed by atoms with Crippen LogP contribution in [0.15, 0.2) is 30.3 Å². The molecule has 12 atom stereocenters. The van der Waals surface area contributed by atoms with Gasteiger partial charge in [-0.25, -0.2) is 0 Å². The predicted molar refractivity (Wildman–Crippen MR) is 304 cm³/mol. The first-order chi connectivity index (χ1) is 39.0. The molecule has 22 N–H and O–H groups in total. The van der Waals surface area contributed by atoms with Crippen molar-refractivity contribution in [1.82, 2.24) is 53.2 Å². The van der Waals surface area contributed by atoms with E-state index in [9.17, 15) is 63.0 Å². The van der Waals surface area contributed by atoms with E-state index in [2.05, 4.69) is 60.1 Å². The van der Waals surface area contributed by atoms with Gasteiger partial charge < -0.3 is 92.0 Å². The second-order valence-electron chi connectivity index (χ2n) is 21.0. The van der Waals surface area contributed by atoms with E-state index < -0.39 is 157 Å². The number of aliphatic hydroxyl groups excluding tert-OH is 2. The highest BCUT2D eigenvalue weighted by molar-refractivity contribution is 6.07. The minimum Gasteiger partial charge on any atom is -0.391 e. The molecule has 2 rings (SSSR count). The number of carbonyl (C=O) groups is 11. The maximum atomic E-state index is 14.7. The highest BCUT2D eigenvalue weighted by Crippen LogP contribution is 2.13. The first-order valence-electron chi connectivity index (χ1n) is 28.4. The Morgan fingerprint density at radius 3 is 1.68 bits per heavy atom. The maximum Gasteiger partial charge on any atom is 0.245 e. The van der Waals surface area contributed by atoms with Gasteiger partial charge in [0.2, 0.25) is 59.1 Å². The molecule has 1 aliphatic rings. The molecule has 1 aromatic carbocycles. The number of benzene rings is 1. The molecule has 0 unspecified atom stereocenters. The summed E-state index contributed by atoms with van der Waals surface area (Å²) in [5.74, 6) is -12.1. The zero-order valence-electron chi connectivity index (χ0n) is 48.1. The van der Waals surface area contributed by atoms with Gasteiger partial charge in [-0.05, 0) is 96.5 Å². The lowest BCUT2D eigenvalue weighted by Gasteiger charge is -2.29. The first kappa shape index (κ1) is 71.4. The van der Waals surface area contributed by atoms with Crippen molar-refractivity contribution in [3.63, 3.8) is 0 Å². The molecule has 1 heterocycles. The third-order valence-electron chi connectivity index (χ3n) is 13.5. The number of carbonyl (C=O) groups excluding carboxylic acids is 11. The average Bonchev–Trinajstić information content (AvgIpc) is 3.42. The third-order valence-corrected chi connectivity index (χ3v) is 13.5. The van der Waals surface area contributed by atoms with Crippen molar-refractivity contribution in [3.05, 3.63) is 35.9 Å². The summed E-state index contributed by atoms with van der Waals surface area (Å²) >= 11 is 0. The number of ketones is 1. The fourth-order valence-corrected chi connectivity index (χ4v) is 8.93. The molecule has 28 nitrogen and oxygen atoms in total. The number of aliphatic hydroxyl groups is 2. The predicted octanol–water partition coefficient (Wildman–Crippen LogP) is -5.18. The molecule has 0 saturated carbocycles. The van der Waals surface area contributed by atoms with Crippen LogP contribution >= 0.6 is 0 Å². The van der Waals surface area contributed by atoms with Crippen LogP contribution < -0.4 is 81.8 Å². The van der Waals surface area contributed by atoms with Crippen LogP contribution in [0.2, 0.25) is 0 Å². The Balaban J connectivity index is 2.68. The number of rotatable bonds is 28. The summed E-state index contributed by atoms with van der Waals surface area (Å²) in [7, 11) is 0. The Morgan fingerprint density at radius 2 is 1.15 bits per heavy atom. The molecule has 0 radical (unpaired) electrons. The minimum absolute atomic E-state index is 0.0185. The summed E-state index contributed by atoms with van der Waals surface area (Å²) in [4.78, 5) is 154. The van der Waals surface area contributed by atoms with Gasteiger partial charge in [-0.3, -0.25) is 52.7 Å². The molecule has 0 bridgehead atoms. The van der Waals surface area contributed by atoms with Crippen molar-refractivity contribution in [3.8, 4) is 0 Å². The van der Waals surface area contributed by atoms with E-state index in [4.69, 9.17) is 28.7 Å². The van der Waals surface area contributed by atoms with Gasteiger partial charge in [0.15, 0.2) is 5.78 Å². The quantitative estimate of drug-likeness (QED) is 0.0275. The monoisotopic (exact) mass is 1160 g/mol. The summed E-state index contributed by atoms with van der Waals surface area (Å²) in [6.07, 6.45) is 0.116. The smallest absolute Gasteiger partial charge is 0.245 e. The van der Waals surface area contributed by atoms with Gasteiger partial charge >= 0.3 is 0 Å². The van der Waals surface area contributed by atoms with E-state index in [1.165, 1.54) is 13.8 Å². The molecular formula is C54H93N15O13. The lowest BCUT2D eigenvalue weighted by molar-refractivity contribution is -0.140. The van der Waals surface area contributed by atoms with Crippen molar-refractivity contribution < 1.29 is 63.0 Å². The SMILES string of the molecule is CCCCCCCC(=O)N[C@@H](CCN)C(=O)N[C@@H](C(=O)N[C@@H](CCN)C(=O)N[C@H]1CCNC(=O)[C@H]([C@H](C)O)NC(=O)[C@H](CCN)NC(=O)[C@H](CCN)NC(=O)[C@H](CC(C)C)NC(=O)[C@@H](Cc2ccccc2)NC(=O)[C@H](CN)C1=O)[C@H](C)O. The molecule has 82 heavy (non-hydrogen) atoms. The molecule has 462 valence electrons. The molecule has 1 aromatic rings. The second-order valence-corrected chi connectivity index (χ2v) is 21.0. The van der Waals surface area contributed by atoms with Crippen LogP contribution in [-0.2, 0) is 59.2 Å². The van der Waals surface area contributed by atoms with E-state index in [0.717, 1.165) is 25.7 Å². The number of amides is 10. The summed E-state index contributed by atoms with van der Waals surface area (Å²) < 4.78 is 0. The van der Waals surface area contributed by atoms with E-state index in [0.29, 0.717) is 12.0 Å². The Labute approximate surface area is 480 Å². The first-order valence-corrected chi connectivity index (χ1v) is 28.4. The summed E-state index contributed by atoms with van der Waals surface area (Å²) in [5.41, 5.74) is 30.0. The van der Waals surface area contributed by atoms with Crippen LogP contribution in [0.1, 0.15) is 117 Å². The van der Waals surface area contributed by atoms with Crippen LogP contribution in [0.5, 0.6) is 0 Å². The number of nitrogens with two attached hydrogens (primary N) is 5. The largest absolute Gasteiger partial charge is 0.391 e.